The van der Waals surface area contributed by atoms with Crippen molar-refractivity contribution in [2.45, 2.75) is 19.4 Å². The Kier molecular flexibility index (Phi) is 3.23. The smallest absolute Gasteiger partial charge is 0.254 e. The summed E-state index contributed by atoms with van der Waals surface area (Å²) in [4.78, 5) is 18.0. The van der Waals surface area contributed by atoms with Crippen molar-refractivity contribution < 1.29 is 9.90 Å². The third-order valence-electron chi connectivity index (χ3n) is 3.41. The molecule has 1 fully saturated rings. The monoisotopic (exact) mass is 272 g/mol. The number of hydrogen-bond acceptors (Lipinski definition) is 4. The average molecular weight is 272 g/mol. The zero-order valence-electron chi connectivity index (χ0n) is 11.2. The predicted molar refractivity (Wildman–Crippen MR) is 73.1 cm³/mol. The largest absolute Gasteiger partial charge is 0.389 e. The van der Waals surface area contributed by atoms with Gasteiger partial charge in [0, 0.05) is 30.6 Å². The van der Waals surface area contributed by atoms with Gasteiger partial charge in [0.1, 0.15) is 5.82 Å². The lowest BCUT2D eigenvalue weighted by Gasteiger charge is -2.35. The van der Waals surface area contributed by atoms with Crippen LogP contribution in [0.2, 0.25) is 0 Å². The van der Waals surface area contributed by atoms with Crippen molar-refractivity contribution >= 4 is 5.91 Å². The van der Waals surface area contributed by atoms with E-state index < -0.39 is 0 Å². The third kappa shape index (κ3) is 2.30. The van der Waals surface area contributed by atoms with Gasteiger partial charge in [-0.2, -0.15) is 5.10 Å². The number of β-amino-alcohol motifs (C(OH)–C–C–N with tert-alkyl or cyclic N) is 1. The molecule has 104 valence electrons. The van der Waals surface area contributed by atoms with E-state index in [1.807, 2.05) is 19.1 Å². The first-order chi connectivity index (χ1) is 9.67. The number of rotatable bonds is 3. The SMILES string of the molecule is CCc1nc(-c2ccc(C(=O)N3CC(O)C3)cc2)n[nH]1. The van der Waals surface area contributed by atoms with Crippen molar-refractivity contribution in [2.75, 3.05) is 13.1 Å². The number of amides is 1. The highest BCUT2D eigenvalue weighted by atomic mass is 16.3. The third-order valence-corrected chi connectivity index (χ3v) is 3.41. The molecule has 1 aliphatic rings. The summed E-state index contributed by atoms with van der Waals surface area (Å²) in [5.74, 6) is 1.43. The first kappa shape index (κ1) is 12.8. The number of aromatic nitrogens is 3. The topological polar surface area (TPSA) is 82.1 Å². The molecule has 6 nitrogen and oxygen atoms in total. The number of carbonyl (C=O) groups excluding carboxylic acids is 1. The number of aliphatic hydroxyl groups excluding tert-OH is 1. The molecule has 1 saturated heterocycles. The van der Waals surface area contributed by atoms with Crippen LogP contribution in [0, 0.1) is 0 Å². The summed E-state index contributed by atoms with van der Waals surface area (Å²) in [6.07, 6.45) is 0.430. The van der Waals surface area contributed by atoms with Crippen molar-refractivity contribution in [1.29, 1.82) is 0 Å². The first-order valence-corrected chi connectivity index (χ1v) is 6.66. The van der Waals surface area contributed by atoms with Crippen LogP contribution in [0.15, 0.2) is 24.3 Å². The Bertz CT molecular complexity index is 614. The van der Waals surface area contributed by atoms with Gasteiger partial charge in [0.2, 0.25) is 0 Å². The molecule has 3 rings (SSSR count). The molecule has 0 atom stereocenters. The Morgan fingerprint density at radius 2 is 2.10 bits per heavy atom. The molecule has 1 aliphatic heterocycles. The maximum atomic E-state index is 12.0. The number of nitrogens with zero attached hydrogens (tertiary/aromatic N) is 3. The van der Waals surface area contributed by atoms with E-state index in [9.17, 15) is 9.90 Å². The van der Waals surface area contributed by atoms with Gasteiger partial charge < -0.3 is 10.0 Å². The molecule has 0 bridgehead atoms. The minimum Gasteiger partial charge on any atom is -0.389 e. The van der Waals surface area contributed by atoms with Gasteiger partial charge in [-0.25, -0.2) is 4.98 Å². The molecule has 20 heavy (non-hydrogen) atoms. The summed E-state index contributed by atoms with van der Waals surface area (Å²) < 4.78 is 0. The molecular weight excluding hydrogens is 256 g/mol. The number of aromatic amines is 1. The van der Waals surface area contributed by atoms with Crippen LogP contribution in [0.1, 0.15) is 23.1 Å². The van der Waals surface area contributed by atoms with E-state index in [0.29, 0.717) is 24.5 Å². The van der Waals surface area contributed by atoms with E-state index in [4.69, 9.17) is 0 Å². The molecule has 1 amide bonds. The lowest BCUT2D eigenvalue weighted by atomic mass is 10.1. The van der Waals surface area contributed by atoms with E-state index >= 15 is 0 Å². The second kappa shape index (κ2) is 5.05. The number of benzene rings is 1. The zero-order chi connectivity index (χ0) is 14.1. The van der Waals surface area contributed by atoms with Gasteiger partial charge in [0.25, 0.3) is 5.91 Å². The summed E-state index contributed by atoms with van der Waals surface area (Å²) in [6, 6.07) is 7.22. The fourth-order valence-corrected chi connectivity index (χ4v) is 2.15. The summed E-state index contributed by atoms with van der Waals surface area (Å²) in [5, 5.41) is 16.2. The van der Waals surface area contributed by atoms with Crippen LogP contribution in [-0.2, 0) is 6.42 Å². The van der Waals surface area contributed by atoms with Crippen LogP contribution in [-0.4, -0.2) is 50.3 Å². The lowest BCUT2D eigenvalue weighted by molar-refractivity contribution is 0.00590. The van der Waals surface area contributed by atoms with Crippen molar-refractivity contribution in [3.05, 3.63) is 35.7 Å². The van der Waals surface area contributed by atoms with E-state index in [0.717, 1.165) is 17.8 Å². The van der Waals surface area contributed by atoms with Gasteiger partial charge in [0.05, 0.1) is 6.10 Å². The van der Waals surface area contributed by atoms with Crippen LogP contribution in [0.4, 0.5) is 0 Å². The predicted octanol–water partition coefficient (Wildman–Crippen LogP) is 0.851. The highest BCUT2D eigenvalue weighted by Gasteiger charge is 2.29. The standard InChI is InChI=1S/C14H16N4O2/c1-2-12-15-13(17-16-12)9-3-5-10(6-4-9)14(20)18-7-11(19)8-18/h3-6,11,19H,2,7-8H2,1H3,(H,15,16,17). The fraction of sp³-hybridized carbons (Fsp3) is 0.357. The molecular formula is C14H16N4O2. The minimum absolute atomic E-state index is 0.0499. The molecule has 0 radical (unpaired) electrons. The quantitative estimate of drug-likeness (QED) is 0.868. The molecule has 0 spiro atoms. The van der Waals surface area contributed by atoms with Crippen LogP contribution in [0.25, 0.3) is 11.4 Å². The number of hydrogen-bond donors (Lipinski definition) is 2. The summed E-state index contributed by atoms with van der Waals surface area (Å²) in [7, 11) is 0. The summed E-state index contributed by atoms with van der Waals surface area (Å²) in [6.45, 7) is 2.84. The second-order valence-corrected chi connectivity index (χ2v) is 4.90. The highest BCUT2D eigenvalue weighted by Crippen LogP contribution is 2.18. The maximum absolute atomic E-state index is 12.0. The minimum atomic E-state index is -0.376. The lowest BCUT2D eigenvalue weighted by Crippen LogP contribution is -2.53. The number of likely N-dealkylation sites (tertiary alicyclic amines) is 1. The van der Waals surface area contributed by atoms with Crippen molar-refractivity contribution in [3.8, 4) is 11.4 Å². The van der Waals surface area contributed by atoms with Crippen LogP contribution in [0.5, 0.6) is 0 Å². The van der Waals surface area contributed by atoms with Crippen LogP contribution < -0.4 is 0 Å². The van der Waals surface area contributed by atoms with Gasteiger partial charge >= 0.3 is 0 Å². The number of carbonyl (C=O) groups is 1. The van der Waals surface area contributed by atoms with E-state index in [-0.39, 0.29) is 12.0 Å². The molecule has 1 aromatic carbocycles. The molecule has 6 heteroatoms. The molecule has 1 aromatic heterocycles. The Hall–Kier alpha value is -2.21. The van der Waals surface area contributed by atoms with E-state index in [1.165, 1.54) is 0 Å². The van der Waals surface area contributed by atoms with Crippen molar-refractivity contribution in [3.63, 3.8) is 0 Å². The first-order valence-electron chi connectivity index (χ1n) is 6.66. The van der Waals surface area contributed by atoms with Crippen LogP contribution >= 0.6 is 0 Å². The van der Waals surface area contributed by atoms with Gasteiger partial charge in [0.15, 0.2) is 5.82 Å². The number of aliphatic hydroxyl groups is 1. The normalized spacial score (nSPS) is 15.2. The zero-order valence-corrected chi connectivity index (χ0v) is 11.2. The average Bonchev–Trinajstić information content (AvgIpc) is 2.92. The molecule has 2 aromatic rings. The molecule has 2 N–H and O–H groups in total. The van der Waals surface area contributed by atoms with Crippen molar-refractivity contribution in [1.82, 2.24) is 20.1 Å². The maximum Gasteiger partial charge on any atom is 0.254 e. The number of H-pyrrole nitrogens is 1. The number of aryl methyl sites for hydroxylation is 1. The molecule has 0 unspecified atom stereocenters. The summed E-state index contributed by atoms with van der Waals surface area (Å²) >= 11 is 0. The fourth-order valence-electron chi connectivity index (χ4n) is 2.15. The van der Waals surface area contributed by atoms with Crippen LogP contribution in [0.3, 0.4) is 0 Å². The highest BCUT2D eigenvalue weighted by molar-refractivity contribution is 5.95. The van der Waals surface area contributed by atoms with E-state index in [2.05, 4.69) is 15.2 Å². The molecule has 0 aliphatic carbocycles. The van der Waals surface area contributed by atoms with Gasteiger partial charge in [-0.05, 0) is 12.1 Å². The van der Waals surface area contributed by atoms with Gasteiger partial charge in [-0.1, -0.05) is 19.1 Å². The summed E-state index contributed by atoms with van der Waals surface area (Å²) in [5.41, 5.74) is 1.49. The van der Waals surface area contributed by atoms with Gasteiger partial charge in [-0.3, -0.25) is 9.89 Å². The molecule has 2 heterocycles. The van der Waals surface area contributed by atoms with Crippen molar-refractivity contribution in [2.24, 2.45) is 0 Å². The molecule has 0 saturated carbocycles. The Labute approximate surface area is 116 Å². The Balaban J connectivity index is 1.75. The Morgan fingerprint density at radius 1 is 1.40 bits per heavy atom. The Morgan fingerprint density at radius 3 is 2.65 bits per heavy atom. The second-order valence-electron chi connectivity index (χ2n) is 4.90. The van der Waals surface area contributed by atoms with Gasteiger partial charge in [-0.15, -0.1) is 0 Å². The number of nitrogens with one attached hydrogen (secondary N) is 1. The van der Waals surface area contributed by atoms with E-state index in [1.54, 1.807) is 17.0 Å².